The zero-order valence-corrected chi connectivity index (χ0v) is 23.5. The van der Waals surface area contributed by atoms with E-state index in [4.69, 9.17) is 9.47 Å². The highest BCUT2D eigenvalue weighted by Crippen LogP contribution is 2.69. The maximum Gasteiger partial charge on any atom is 0.0679 e. The molecule has 0 radical (unpaired) electrons. The first-order valence-corrected chi connectivity index (χ1v) is 14.6. The van der Waals surface area contributed by atoms with Crippen LogP contribution in [-0.2, 0) is 9.47 Å². The van der Waals surface area contributed by atoms with Crippen molar-refractivity contribution in [3.05, 3.63) is 0 Å². The lowest BCUT2D eigenvalue weighted by atomic mass is 9.43. The molecule has 4 aliphatic rings. The summed E-state index contributed by atoms with van der Waals surface area (Å²) in [4.78, 5) is 0. The highest BCUT2D eigenvalue weighted by Gasteiger charge is 2.61. The van der Waals surface area contributed by atoms with Crippen LogP contribution >= 0.6 is 0 Å². The number of fused-ring (bicyclic) bond motifs is 5. The Labute approximate surface area is 206 Å². The Balaban J connectivity index is 1.43. The van der Waals surface area contributed by atoms with Gasteiger partial charge in [-0.2, -0.15) is 0 Å². The van der Waals surface area contributed by atoms with Crippen LogP contribution in [0.4, 0.5) is 0 Å². The molecule has 4 rings (SSSR count). The second-order valence-corrected chi connectivity index (χ2v) is 14.2. The van der Waals surface area contributed by atoms with E-state index in [1.54, 1.807) is 0 Å². The Kier molecular flexibility index (Phi) is 7.42. The summed E-state index contributed by atoms with van der Waals surface area (Å²) in [6.07, 6.45) is 18.0. The highest BCUT2D eigenvalue weighted by atomic mass is 16.5. The van der Waals surface area contributed by atoms with Crippen LogP contribution in [0.25, 0.3) is 0 Å². The molecule has 0 heterocycles. The maximum absolute atomic E-state index is 6.14. The molecule has 4 fully saturated rings. The van der Waals surface area contributed by atoms with Crippen molar-refractivity contribution in [2.24, 2.45) is 46.3 Å². The van der Waals surface area contributed by atoms with E-state index in [1.165, 1.54) is 83.5 Å². The maximum atomic E-state index is 6.14. The fourth-order valence-corrected chi connectivity index (χ4v) is 10.1. The molecule has 0 unspecified atom stereocenters. The Morgan fingerprint density at radius 1 is 0.909 bits per heavy atom. The summed E-state index contributed by atoms with van der Waals surface area (Å²) in [7, 11) is 3.84. The fourth-order valence-electron chi connectivity index (χ4n) is 10.1. The minimum Gasteiger partial charge on any atom is -0.379 e. The fraction of sp³-hybridized carbons (Fsp3) is 1.00. The summed E-state index contributed by atoms with van der Waals surface area (Å²) in [6.45, 7) is 14.8. The largest absolute Gasteiger partial charge is 0.379 e. The topological polar surface area (TPSA) is 18.5 Å². The van der Waals surface area contributed by atoms with Gasteiger partial charge in [0.1, 0.15) is 0 Å². The first-order chi connectivity index (χ1) is 15.5. The zero-order valence-electron chi connectivity index (χ0n) is 23.5. The summed E-state index contributed by atoms with van der Waals surface area (Å²) < 4.78 is 11.8. The molecule has 2 nitrogen and oxygen atoms in total. The molecule has 0 bridgehead atoms. The molecule has 2 heteroatoms. The second kappa shape index (κ2) is 9.42. The van der Waals surface area contributed by atoms with Crippen LogP contribution in [0.15, 0.2) is 0 Å². The van der Waals surface area contributed by atoms with Gasteiger partial charge >= 0.3 is 0 Å². The first-order valence-electron chi connectivity index (χ1n) is 14.6. The van der Waals surface area contributed by atoms with Crippen molar-refractivity contribution in [1.82, 2.24) is 0 Å². The minimum atomic E-state index is 0.0339. The molecular formula is C31H56O2. The van der Waals surface area contributed by atoms with E-state index in [1.807, 2.05) is 14.2 Å². The number of hydrogen-bond donors (Lipinski definition) is 0. The molecule has 0 amide bonds. The molecule has 0 aromatic rings. The van der Waals surface area contributed by atoms with Crippen molar-refractivity contribution < 1.29 is 9.47 Å². The molecule has 4 aliphatic carbocycles. The molecule has 192 valence electrons. The number of methoxy groups -OCH3 is 2. The summed E-state index contributed by atoms with van der Waals surface area (Å²) in [5.74, 6) is 5.63. The van der Waals surface area contributed by atoms with Gasteiger partial charge < -0.3 is 9.47 Å². The monoisotopic (exact) mass is 460 g/mol. The van der Waals surface area contributed by atoms with Gasteiger partial charge in [-0.3, -0.25) is 0 Å². The van der Waals surface area contributed by atoms with Crippen molar-refractivity contribution in [2.45, 2.75) is 136 Å². The average molecular weight is 461 g/mol. The van der Waals surface area contributed by atoms with Crippen LogP contribution in [0.2, 0.25) is 0 Å². The predicted octanol–water partition coefficient (Wildman–Crippen LogP) is 8.67. The molecule has 0 aromatic heterocycles. The molecule has 0 N–H and O–H groups in total. The summed E-state index contributed by atoms with van der Waals surface area (Å²) in [5, 5.41) is 0. The van der Waals surface area contributed by atoms with E-state index in [9.17, 15) is 0 Å². The molecule has 0 aromatic carbocycles. The molecule has 4 saturated carbocycles. The molecule has 0 saturated heterocycles. The summed E-state index contributed by atoms with van der Waals surface area (Å²) in [6, 6.07) is 0. The van der Waals surface area contributed by atoms with E-state index in [0.29, 0.717) is 10.8 Å². The predicted molar refractivity (Wildman–Crippen MR) is 139 cm³/mol. The van der Waals surface area contributed by atoms with Gasteiger partial charge in [-0.25, -0.2) is 0 Å². The highest BCUT2D eigenvalue weighted by molar-refractivity contribution is 5.11. The van der Waals surface area contributed by atoms with Crippen molar-refractivity contribution in [1.29, 1.82) is 0 Å². The zero-order chi connectivity index (χ0) is 24.1. The van der Waals surface area contributed by atoms with Crippen LogP contribution in [0.1, 0.15) is 125 Å². The lowest BCUT2D eigenvalue weighted by Crippen LogP contribution is -2.56. The number of ether oxygens (including phenoxy) is 2. The molecular weight excluding hydrogens is 404 g/mol. The van der Waals surface area contributed by atoms with Crippen molar-refractivity contribution >= 4 is 0 Å². The Bertz CT molecular complexity index is 666. The minimum absolute atomic E-state index is 0.0339. The van der Waals surface area contributed by atoms with Crippen LogP contribution in [0.3, 0.4) is 0 Å². The molecule has 33 heavy (non-hydrogen) atoms. The van der Waals surface area contributed by atoms with E-state index < -0.39 is 0 Å². The summed E-state index contributed by atoms with van der Waals surface area (Å²) in [5.41, 5.74) is 1.36. The van der Waals surface area contributed by atoms with E-state index in [-0.39, 0.29) is 11.2 Å². The lowest BCUT2D eigenvalue weighted by Gasteiger charge is -2.62. The molecule has 0 spiro atoms. The van der Waals surface area contributed by atoms with Crippen molar-refractivity contribution in [3.8, 4) is 0 Å². The van der Waals surface area contributed by atoms with E-state index >= 15 is 0 Å². The van der Waals surface area contributed by atoms with Gasteiger partial charge in [0.15, 0.2) is 0 Å². The Morgan fingerprint density at radius 3 is 2.30 bits per heavy atom. The van der Waals surface area contributed by atoms with Crippen LogP contribution < -0.4 is 0 Å². The van der Waals surface area contributed by atoms with Crippen molar-refractivity contribution in [2.75, 3.05) is 14.2 Å². The van der Waals surface area contributed by atoms with Gasteiger partial charge in [-0.05, 0) is 131 Å². The third-order valence-corrected chi connectivity index (χ3v) is 12.6. The van der Waals surface area contributed by atoms with E-state index in [0.717, 1.165) is 35.5 Å². The van der Waals surface area contributed by atoms with Gasteiger partial charge in [0.05, 0.1) is 11.2 Å². The quantitative estimate of drug-likeness (QED) is 0.361. The van der Waals surface area contributed by atoms with Gasteiger partial charge in [0, 0.05) is 14.2 Å². The molecule has 9 atom stereocenters. The Morgan fingerprint density at radius 2 is 1.64 bits per heavy atom. The molecule has 0 aliphatic heterocycles. The normalized spacial score (nSPS) is 46.4. The third kappa shape index (κ3) is 4.47. The number of rotatable bonds is 8. The summed E-state index contributed by atoms with van der Waals surface area (Å²) >= 11 is 0. The Hall–Kier alpha value is -0.0800. The standard InChI is InChI=1S/C31H56O2/c1-9-31(33-8)20-19-29(5)23(21-31)12-13-24-26-15-14-25(30(26,6)18-16-27(24)29)22(2)11-10-17-28(3,4)32-7/h22-27H,9-21H2,1-8H3/t22-,23+,24+,25-,26+,27+,29+,30-,31+/m1/s1. The van der Waals surface area contributed by atoms with Gasteiger partial charge in [0.2, 0.25) is 0 Å². The van der Waals surface area contributed by atoms with Crippen molar-refractivity contribution in [3.63, 3.8) is 0 Å². The van der Waals surface area contributed by atoms with Crippen LogP contribution in [0, 0.1) is 46.3 Å². The van der Waals surface area contributed by atoms with Crippen LogP contribution in [0.5, 0.6) is 0 Å². The van der Waals surface area contributed by atoms with Gasteiger partial charge in [0.25, 0.3) is 0 Å². The third-order valence-electron chi connectivity index (χ3n) is 12.6. The lowest BCUT2D eigenvalue weighted by molar-refractivity contribution is -0.161. The average Bonchev–Trinajstić information content (AvgIpc) is 3.16. The smallest absolute Gasteiger partial charge is 0.0679 e. The van der Waals surface area contributed by atoms with Crippen LogP contribution in [-0.4, -0.2) is 25.4 Å². The van der Waals surface area contributed by atoms with E-state index in [2.05, 4.69) is 41.5 Å². The second-order valence-electron chi connectivity index (χ2n) is 14.2. The SMILES string of the molecule is CC[C@]1(OC)CC[C@@]2(C)[C@@H](CC[C@@H]3[C@@H]2CC[C@]2(C)[C@@H]([C@H](C)CCCC(C)(C)OC)CC[C@@H]32)C1. The first kappa shape index (κ1) is 26.0. The number of hydrogen-bond acceptors (Lipinski definition) is 2. The van der Waals surface area contributed by atoms with Gasteiger partial charge in [-0.1, -0.05) is 40.5 Å². The van der Waals surface area contributed by atoms with Gasteiger partial charge in [-0.15, -0.1) is 0 Å².